The lowest BCUT2D eigenvalue weighted by molar-refractivity contribution is -0.144. The molecule has 2 atom stereocenters. The lowest BCUT2D eigenvalue weighted by Crippen LogP contribution is -2.38. The van der Waals surface area contributed by atoms with Crippen molar-refractivity contribution in [3.63, 3.8) is 0 Å². The van der Waals surface area contributed by atoms with E-state index in [0.29, 0.717) is 5.75 Å². The monoisotopic (exact) mass is 387 g/mol. The maximum atomic E-state index is 13.5. The molecule has 1 aliphatic heterocycles. The van der Waals surface area contributed by atoms with E-state index in [9.17, 15) is 9.59 Å². The number of ether oxygens (including phenoxy) is 3. The topological polar surface area (TPSA) is 61.8 Å². The van der Waals surface area contributed by atoms with E-state index in [1.807, 2.05) is 75.1 Å². The summed E-state index contributed by atoms with van der Waals surface area (Å²) in [5, 5.41) is 1.65. The predicted molar refractivity (Wildman–Crippen MR) is 107 cm³/mol. The van der Waals surface area contributed by atoms with Crippen LogP contribution in [0.25, 0.3) is 0 Å². The van der Waals surface area contributed by atoms with E-state index in [0.717, 1.165) is 10.6 Å². The number of hydrogen-bond donors (Lipinski definition) is 0. The average molecular weight is 387 g/mol. The second-order valence-corrected chi connectivity index (χ2v) is 10.7. The van der Waals surface area contributed by atoms with Crippen molar-refractivity contribution in [1.29, 1.82) is 0 Å². The Hall–Kier alpha value is -2.39. The fourth-order valence-electron chi connectivity index (χ4n) is 3.21. The molecule has 0 N–H and O–H groups in total. The molecule has 1 fully saturated rings. The molecule has 6 heteroatoms. The number of cyclic esters (lactones) is 1. The number of rotatable bonds is 5. The molecule has 1 aliphatic rings. The Morgan fingerprint density at radius 2 is 1.74 bits per heavy atom. The van der Waals surface area contributed by atoms with Crippen molar-refractivity contribution in [2.45, 2.75) is 20.0 Å². The van der Waals surface area contributed by atoms with Crippen LogP contribution < -0.4 is 15.3 Å². The summed E-state index contributed by atoms with van der Waals surface area (Å²) in [7, 11) is -1.07. The minimum absolute atomic E-state index is 0.235. The molecule has 27 heavy (non-hydrogen) atoms. The molecule has 0 aliphatic carbocycles. The van der Waals surface area contributed by atoms with Gasteiger partial charge in [0.2, 0.25) is 6.10 Å². The summed E-state index contributed by atoms with van der Waals surface area (Å²) in [6.45, 7) is 5.85. The van der Waals surface area contributed by atoms with E-state index in [-0.39, 0.29) is 6.61 Å². The van der Waals surface area contributed by atoms with Crippen LogP contribution in [0.2, 0.25) is 0 Å². The van der Waals surface area contributed by atoms with Crippen LogP contribution in [0.1, 0.15) is 13.8 Å². The van der Waals surface area contributed by atoms with Crippen molar-refractivity contribution in [1.82, 2.24) is 0 Å². The van der Waals surface area contributed by atoms with Crippen LogP contribution in [0.4, 0.5) is 4.79 Å². The van der Waals surface area contributed by atoms with E-state index < -0.39 is 30.5 Å². The highest BCUT2D eigenvalue weighted by molar-refractivity contribution is 8.02. The van der Waals surface area contributed by atoms with Gasteiger partial charge in [0.15, 0.2) is 18.3 Å². The number of para-hydroxylation sites is 1. The first kappa shape index (κ1) is 19.4. The zero-order chi connectivity index (χ0) is 19.7. The third kappa shape index (κ3) is 3.44. The van der Waals surface area contributed by atoms with Gasteiger partial charge in [-0.3, -0.25) is 0 Å². The van der Waals surface area contributed by atoms with Crippen LogP contribution in [0.5, 0.6) is 5.75 Å². The Morgan fingerprint density at radius 3 is 2.33 bits per heavy atom. The average Bonchev–Trinajstić information content (AvgIpc) is 2.94. The van der Waals surface area contributed by atoms with Gasteiger partial charge in [-0.2, -0.15) is 0 Å². The zero-order valence-electron chi connectivity index (χ0n) is 16.0. The Bertz CT molecular complexity index is 849. The minimum atomic E-state index is -2.65. The Morgan fingerprint density at radius 1 is 1.11 bits per heavy atom. The molecule has 0 aromatic heterocycles. The number of methoxy groups -OCH3 is 1. The molecule has 0 bridgehead atoms. The first-order chi connectivity index (χ1) is 12.8. The molecule has 0 amide bonds. The fraction of sp³-hybridized carbons (Fsp3) is 0.333. The van der Waals surface area contributed by atoms with Crippen molar-refractivity contribution in [2.24, 2.45) is 5.41 Å². The van der Waals surface area contributed by atoms with E-state index >= 15 is 0 Å². The van der Waals surface area contributed by atoms with Gasteiger partial charge >= 0.3 is 11.7 Å². The standard InChI is InChI=1S/C21H24O5P/c1-21(2)14-25-19(22)18(21)26-20(23)27(4,15-10-6-5-7-11-15)17-13-9-8-12-16(17)24-3/h5-13,18H,14H2,1-4H3/q+1/t18-,27?/m0/s1. The van der Waals surface area contributed by atoms with Crippen LogP contribution in [0.3, 0.4) is 0 Å². The molecule has 3 rings (SSSR count). The van der Waals surface area contributed by atoms with Gasteiger partial charge in [0, 0.05) is 5.41 Å². The lowest BCUT2D eigenvalue weighted by atomic mass is 9.90. The molecule has 1 unspecified atom stereocenters. The number of hydrogen-bond acceptors (Lipinski definition) is 5. The Kier molecular flexibility index (Phi) is 5.25. The highest BCUT2D eigenvalue weighted by atomic mass is 31.2. The third-order valence-electron chi connectivity index (χ3n) is 4.93. The number of carbonyl (C=O) groups is 2. The summed E-state index contributed by atoms with van der Waals surface area (Å²) in [4.78, 5) is 25.6. The minimum Gasteiger partial charge on any atom is -0.493 e. The molecule has 0 radical (unpaired) electrons. The van der Waals surface area contributed by atoms with E-state index in [1.54, 1.807) is 7.11 Å². The Labute approximate surface area is 160 Å². The molecule has 1 saturated heterocycles. The van der Waals surface area contributed by atoms with Gasteiger partial charge in [0.1, 0.15) is 11.9 Å². The SMILES string of the molecule is COc1ccccc1[P+](C)(C(=O)O[C@H]1C(=O)OCC1(C)C)c1ccccc1. The number of carbonyl (C=O) groups excluding carboxylic acids is 2. The zero-order valence-corrected chi connectivity index (χ0v) is 16.9. The van der Waals surface area contributed by atoms with Crippen LogP contribution in [0, 0.1) is 5.41 Å². The normalized spacial score (nSPS) is 20.4. The quantitative estimate of drug-likeness (QED) is 0.581. The molecule has 2 aromatic carbocycles. The lowest BCUT2D eigenvalue weighted by Gasteiger charge is -2.26. The molecule has 2 aromatic rings. The molecular weight excluding hydrogens is 363 g/mol. The van der Waals surface area contributed by atoms with Crippen LogP contribution >= 0.6 is 7.26 Å². The van der Waals surface area contributed by atoms with Crippen molar-refractivity contribution in [3.8, 4) is 5.75 Å². The van der Waals surface area contributed by atoms with Crippen molar-refractivity contribution in [2.75, 3.05) is 20.4 Å². The summed E-state index contributed by atoms with van der Waals surface area (Å²) in [5.74, 6) is 0.135. The largest absolute Gasteiger partial charge is 0.493 e. The van der Waals surface area contributed by atoms with E-state index in [2.05, 4.69) is 0 Å². The van der Waals surface area contributed by atoms with Gasteiger partial charge in [-0.15, -0.1) is 0 Å². The first-order valence-corrected chi connectivity index (χ1v) is 11.0. The third-order valence-corrected chi connectivity index (χ3v) is 8.43. The second kappa shape index (κ2) is 7.32. The van der Waals surface area contributed by atoms with Gasteiger partial charge in [0.25, 0.3) is 0 Å². The highest BCUT2D eigenvalue weighted by Gasteiger charge is 2.55. The molecule has 0 saturated carbocycles. The van der Waals surface area contributed by atoms with Gasteiger partial charge in [-0.05, 0) is 24.3 Å². The predicted octanol–water partition coefficient (Wildman–Crippen LogP) is 3.38. The van der Waals surface area contributed by atoms with E-state index in [4.69, 9.17) is 14.2 Å². The molecule has 1 heterocycles. The van der Waals surface area contributed by atoms with Gasteiger partial charge in [-0.1, -0.05) is 44.2 Å². The highest BCUT2D eigenvalue weighted by Crippen LogP contribution is 2.57. The summed E-state index contributed by atoms with van der Waals surface area (Å²) < 4.78 is 16.4. The molecular formula is C21H24O5P+. The summed E-state index contributed by atoms with van der Waals surface area (Å²) in [6.07, 6.45) is -0.914. The second-order valence-electron chi connectivity index (χ2n) is 7.37. The van der Waals surface area contributed by atoms with Crippen molar-refractivity contribution in [3.05, 3.63) is 54.6 Å². The van der Waals surface area contributed by atoms with Crippen LogP contribution in [-0.2, 0) is 14.3 Å². The summed E-state index contributed by atoms with van der Waals surface area (Å²) >= 11 is 0. The Balaban J connectivity index is 2.08. The molecule has 5 nitrogen and oxygen atoms in total. The van der Waals surface area contributed by atoms with E-state index in [1.165, 1.54) is 0 Å². The van der Waals surface area contributed by atoms with Gasteiger partial charge < -0.3 is 14.2 Å². The molecule has 142 valence electrons. The number of benzene rings is 2. The number of esters is 1. The molecule has 0 spiro atoms. The fourth-order valence-corrected chi connectivity index (χ4v) is 5.97. The summed E-state index contributed by atoms with van der Waals surface area (Å²) in [6, 6.07) is 17.0. The van der Waals surface area contributed by atoms with Crippen molar-refractivity contribution < 1.29 is 23.8 Å². The smallest absolute Gasteiger partial charge is 0.462 e. The maximum absolute atomic E-state index is 13.5. The summed E-state index contributed by atoms with van der Waals surface area (Å²) in [5.41, 5.74) is -0.968. The van der Waals surface area contributed by atoms with Crippen LogP contribution in [-0.4, -0.2) is 38.2 Å². The van der Waals surface area contributed by atoms with Crippen molar-refractivity contribution >= 4 is 29.6 Å². The van der Waals surface area contributed by atoms with Gasteiger partial charge in [0.05, 0.1) is 13.8 Å². The van der Waals surface area contributed by atoms with Crippen LogP contribution in [0.15, 0.2) is 54.6 Å². The first-order valence-electron chi connectivity index (χ1n) is 8.74. The maximum Gasteiger partial charge on any atom is 0.462 e. The van der Waals surface area contributed by atoms with Gasteiger partial charge in [-0.25, -0.2) is 9.59 Å².